The molecule has 0 heterocycles. The third-order valence-electron chi connectivity index (χ3n) is 0. The van der Waals surface area contributed by atoms with Crippen molar-refractivity contribution in [1.29, 1.82) is 0 Å². The van der Waals surface area contributed by atoms with Gasteiger partial charge in [-0.1, -0.05) is 0 Å². The molecular weight excluding hydrogens is 223 g/mol. The van der Waals surface area contributed by atoms with Gasteiger partial charge in [-0.3, -0.25) is 0 Å². The first-order valence-corrected chi connectivity index (χ1v) is 1.00. The molecule has 0 aromatic heterocycles. The second-order valence-corrected chi connectivity index (χ2v) is 0.500. The van der Waals surface area contributed by atoms with E-state index in [9.17, 15) is 0 Å². The summed E-state index contributed by atoms with van der Waals surface area (Å²) in [4.78, 5) is 0. The molecule has 1 nitrogen and oxygen atoms in total. The van der Waals surface area contributed by atoms with Gasteiger partial charge in [-0.2, -0.15) is 0 Å². The Morgan fingerprint density at radius 3 is 1.20 bits per heavy atom. The summed E-state index contributed by atoms with van der Waals surface area (Å²) in [7, 11) is 3.75. The topological polar surface area (TPSA) is 12.0 Å². The molecule has 0 saturated carbocycles. The van der Waals surface area contributed by atoms with Crippen LogP contribution in [0.5, 0.6) is 0 Å². The van der Waals surface area contributed by atoms with Gasteiger partial charge in [0.15, 0.2) is 0 Å². The van der Waals surface area contributed by atoms with Crippen LogP contribution in [-0.2, 0) is 0 Å². The Morgan fingerprint density at radius 2 is 1.20 bits per heavy atom. The Balaban J connectivity index is -0.0000000200. The Hall–Kier alpha value is 1.47. The van der Waals surface area contributed by atoms with Crippen molar-refractivity contribution in [3.05, 3.63) is 0 Å². The van der Waals surface area contributed by atoms with Crippen LogP contribution in [0.15, 0.2) is 0 Å². The van der Waals surface area contributed by atoms with Gasteiger partial charge in [-0.15, -0.1) is 0 Å². The van der Waals surface area contributed by atoms with Gasteiger partial charge >= 0.3 is 45.6 Å². The van der Waals surface area contributed by atoms with Crippen LogP contribution in [0.2, 0.25) is 0 Å². The summed E-state index contributed by atoms with van der Waals surface area (Å²) in [5, 5.41) is 2.75. The summed E-state index contributed by atoms with van der Waals surface area (Å²) in [5.41, 5.74) is 0. The van der Waals surface area contributed by atoms with Crippen molar-refractivity contribution in [2.24, 2.45) is 0 Å². The van der Waals surface area contributed by atoms with Crippen molar-refractivity contribution < 1.29 is 0 Å². The number of nitrogens with one attached hydrogen (secondary N) is 1. The van der Waals surface area contributed by atoms with Crippen LogP contribution in [0.3, 0.4) is 0 Å². The summed E-state index contributed by atoms with van der Waals surface area (Å²) in [5.74, 6) is 0. The zero-order valence-electron chi connectivity index (χ0n) is 2.50. The minimum absolute atomic E-state index is 0. The van der Waals surface area contributed by atoms with E-state index in [0.29, 0.717) is 0 Å². The second-order valence-electron chi connectivity index (χ2n) is 0.500. The van der Waals surface area contributed by atoms with E-state index in [-0.39, 0.29) is 45.6 Å². The van der Waals surface area contributed by atoms with Gasteiger partial charge in [0.25, 0.3) is 0 Å². The average Bonchev–Trinajstić information content (AvgIpc) is 0.918. The summed E-state index contributed by atoms with van der Waals surface area (Å²) in [6.07, 6.45) is 0. The quantitative estimate of drug-likeness (QED) is 0.457. The van der Waals surface area contributed by atoms with Gasteiger partial charge in [0.1, 0.15) is 0 Å². The van der Waals surface area contributed by atoms with Gasteiger partial charge in [0, 0.05) is 0 Å². The van der Waals surface area contributed by atoms with Crippen LogP contribution in [0.25, 0.3) is 0 Å². The first-order valence-electron chi connectivity index (χ1n) is 1.00. The Bertz CT molecular complexity index is 9.61. The van der Waals surface area contributed by atoms with Crippen molar-refractivity contribution in [1.82, 2.24) is 5.32 Å². The maximum atomic E-state index is 2.75. The molecule has 0 aliphatic rings. The van der Waals surface area contributed by atoms with Gasteiger partial charge in [0.05, 0.1) is 0 Å². The van der Waals surface area contributed by atoms with Crippen LogP contribution in [-0.4, -0.2) is 59.7 Å². The molecule has 0 radical (unpaired) electrons. The molecule has 0 amide bonds. The van der Waals surface area contributed by atoms with Crippen LogP contribution in [0.4, 0.5) is 0 Å². The van der Waals surface area contributed by atoms with Crippen molar-refractivity contribution in [2.75, 3.05) is 14.1 Å². The van der Waals surface area contributed by atoms with E-state index >= 15 is 0 Å². The van der Waals surface area contributed by atoms with Gasteiger partial charge < -0.3 is 5.32 Å². The van der Waals surface area contributed by atoms with Gasteiger partial charge in [0.2, 0.25) is 0 Å². The minimum atomic E-state index is 0. The average molecular weight is 236 g/mol. The fourth-order valence-corrected chi connectivity index (χ4v) is 0. The number of hydrogen-bond acceptors (Lipinski definition) is 1. The Labute approximate surface area is 64.7 Å². The SMILES string of the molecule is CNC.[GaH3].[InH3]. The van der Waals surface area contributed by atoms with Crippen LogP contribution in [0, 0.1) is 0 Å². The molecule has 0 saturated heterocycles. The summed E-state index contributed by atoms with van der Waals surface area (Å²) in [6, 6.07) is 0. The number of rotatable bonds is 0. The van der Waals surface area contributed by atoms with Crippen molar-refractivity contribution >= 4 is 45.6 Å². The van der Waals surface area contributed by atoms with Crippen molar-refractivity contribution in [2.45, 2.75) is 0 Å². The molecular formula is C2H13GaInN. The molecule has 0 aliphatic carbocycles. The van der Waals surface area contributed by atoms with E-state index in [1.165, 1.54) is 0 Å². The van der Waals surface area contributed by atoms with Crippen molar-refractivity contribution in [3.63, 3.8) is 0 Å². The molecule has 0 fully saturated rings. The monoisotopic (exact) mass is 235 g/mol. The molecule has 0 unspecified atom stereocenters. The van der Waals surface area contributed by atoms with Crippen molar-refractivity contribution in [3.8, 4) is 0 Å². The maximum absolute atomic E-state index is 2.75. The van der Waals surface area contributed by atoms with E-state index in [1.54, 1.807) is 0 Å². The zero-order valence-corrected chi connectivity index (χ0v) is 2.50. The molecule has 0 aromatic carbocycles. The van der Waals surface area contributed by atoms with E-state index < -0.39 is 0 Å². The van der Waals surface area contributed by atoms with Gasteiger partial charge in [-0.05, 0) is 14.1 Å². The summed E-state index contributed by atoms with van der Waals surface area (Å²) < 4.78 is 0. The molecule has 0 aromatic rings. The van der Waals surface area contributed by atoms with E-state index in [1.807, 2.05) is 14.1 Å². The Kier molecular flexibility index (Phi) is 57.7. The molecule has 1 N–H and O–H groups in total. The fraction of sp³-hybridized carbons (Fsp3) is 1.00. The molecule has 3 heteroatoms. The van der Waals surface area contributed by atoms with Gasteiger partial charge in [-0.25, -0.2) is 0 Å². The molecule has 32 valence electrons. The molecule has 0 atom stereocenters. The first kappa shape index (κ1) is 16.1. The molecule has 0 bridgehead atoms. The van der Waals surface area contributed by atoms with Crippen LogP contribution < -0.4 is 5.32 Å². The molecule has 0 spiro atoms. The summed E-state index contributed by atoms with van der Waals surface area (Å²) in [6.45, 7) is 0. The number of hydrogen-bond donors (Lipinski definition) is 1. The fourth-order valence-electron chi connectivity index (χ4n) is 0. The zero-order chi connectivity index (χ0) is 2.71. The molecule has 0 aliphatic heterocycles. The summed E-state index contributed by atoms with van der Waals surface area (Å²) >= 11 is 0. The van der Waals surface area contributed by atoms with Crippen LogP contribution in [0.1, 0.15) is 0 Å². The first-order chi connectivity index (χ1) is 1.41. The predicted octanol–water partition coefficient (Wildman–Crippen LogP) is -2.53. The normalized spacial score (nSPS) is 3.60. The molecule has 0 rings (SSSR count). The Morgan fingerprint density at radius 1 is 1.20 bits per heavy atom. The predicted molar refractivity (Wildman–Crippen MR) is 34.9 cm³/mol. The van der Waals surface area contributed by atoms with E-state index in [2.05, 4.69) is 5.32 Å². The second kappa shape index (κ2) is 17.9. The van der Waals surface area contributed by atoms with Crippen LogP contribution >= 0.6 is 0 Å². The van der Waals surface area contributed by atoms with E-state index in [4.69, 9.17) is 0 Å². The molecule has 5 heavy (non-hydrogen) atoms. The van der Waals surface area contributed by atoms with E-state index in [0.717, 1.165) is 0 Å². The third-order valence-corrected chi connectivity index (χ3v) is 0. The standard InChI is InChI=1S/C2H7N.Ga.In.6H/c1-3-2;;;;;;;;/h3H,1-2H3;;;;;;;;. The third kappa shape index (κ3) is 30.5.